The molecule has 0 heterocycles. The minimum absolute atomic E-state index is 0.173. The molecule has 0 aliphatic heterocycles. The molecule has 0 aromatic carbocycles. The summed E-state index contributed by atoms with van der Waals surface area (Å²) in [5.74, 6) is 0. The van der Waals surface area contributed by atoms with Crippen LogP contribution in [0, 0.1) is 0 Å². The van der Waals surface area contributed by atoms with Gasteiger partial charge in [0.25, 0.3) is 0 Å². The van der Waals surface area contributed by atoms with Gasteiger partial charge in [-0.25, -0.2) is 4.79 Å². The van der Waals surface area contributed by atoms with Gasteiger partial charge >= 0.3 is 5.43 Å². The van der Waals surface area contributed by atoms with Crippen LogP contribution < -0.4 is 0 Å². The van der Waals surface area contributed by atoms with Crippen molar-refractivity contribution >= 4 is 17.0 Å². The van der Waals surface area contributed by atoms with Crippen LogP contribution in [0.2, 0.25) is 0 Å². The topological polar surface area (TPSA) is 26.3 Å². The number of ether oxygens (including phenoxy) is 1. The van der Waals surface area contributed by atoms with Crippen LogP contribution in [0.25, 0.3) is 0 Å². The zero-order valence-electron chi connectivity index (χ0n) is 9.61. The summed E-state index contributed by atoms with van der Waals surface area (Å²) in [4.78, 5) is 10.5. The molecule has 0 atom stereocenters. The lowest BCUT2D eigenvalue weighted by atomic mass is 10.3. The molecule has 1 fully saturated rings. The molecule has 0 N–H and O–H groups in total. The Hall–Kier alpha value is -0.240. The van der Waals surface area contributed by atoms with Gasteiger partial charge < -0.3 is 4.74 Å². The SMILES string of the molecule is [2H]C1([2H])CCC([2H])([2H])C1([2H])OC(=O)Cl. The van der Waals surface area contributed by atoms with E-state index in [0.717, 1.165) is 0 Å². The number of rotatable bonds is 1. The van der Waals surface area contributed by atoms with Crippen LogP contribution in [-0.4, -0.2) is 11.5 Å². The third-order valence-electron chi connectivity index (χ3n) is 0.878. The fourth-order valence-electron chi connectivity index (χ4n) is 0.567. The summed E-state index contributed by atoms with van der Waals surface area (Å²) < 4.78 is 41.4. The van der Waals surface area contributed by atoms with E-state index in [0.29, 0.717) is 0 Å². The molecule has 1 saturated carbocycles. The molecule has 0 bridgehead atoms. The highest BCUT2D eigenvalue weighted by atomic mass is 35.5. The van der Waals surface area contributed by atoms with E-state index in [1.165, 1.54) is 0 Å². The van der Waals surface area contributed by atoms with Crippen LogP contribution >= 0.6 is 11.6 Å². The van der Waals surface area contributed by atoms with E-state index >= 15 is 0 Å². The molecule has 0 radical (unpaired) electrons. The summed E-state index contributed by atoms with van der Waals surface area (Å²) in [5.41, 5.74) is -1.37. The summed E-state index contributed by atoms with van der Waals surface area (Å²) in [6.45, 7) is 0. The minimum atomic E-state index is -2.56. The molecule has 0 aromatic heterocycles. The number of hydrogen-bond donors (Lipinski definition) is 0. The normalized spacial score (nSPS) is 43.0. The molecule has 2 nitrogen and oxygen atoms in total. The fourth-order valence-corrected chi connectivity index (χ4v) is 0.644. The Kier molecular flexibility index (Phi) is 0.948. The molecule has 1 aliphatic rings. The Morgan fingerprint density at radius 3 is 2.78 bits per heavy atom. The van der Waals surface area contributed by atoms with E-state index < -0.39 is 24.3 Å². The highest BCUT2D eigenvalue weighted by Crippen LogP contribution is 2.21. The Labute approximate surface area is 66.2 Å². The maximum atomic E-state index is 10.5. The van der Waals surface area contributed by atoms with Crippen molar-refractivity contribution in [2.45, 2.75) is 31.7 Å². The van der Waals surface area contributed by atoms with Crippen molar-refractivity contribution in [1.82, 2.24) is 0 Å². The van der Waals surface area contributed by atoms with Gasteiger partial charge in [-0.05, 0) is 25.6 Å². The Morgan fingerprint density at radius 2 is 2.33 bits per heavy atom. The number of hydrogen-bond acceptors (Lipinski definition) is 2. The molecule has 9 heavy (non-hydrogen) atoms. The first-order chi connectivity index (χ1) is 6.12. The second-order valence-corrected chi connectivity index (χ2v) is 1.83. The van der Waals surface area contributed by atoms with Crippen molar-refractivity contribution < 1.29 is 16.4 Å². The first kappa shape index (κ1) is 2.79. The quantitative estimate of drug-likeness (QED) is 0.541. The summed E-state index contributed by atoms with van der Waals surface area (Å²) in [5, 5.41) is 0. The average Bonchev–Trinajstić information content (AvgIpc) is 2.11. The third-order valence-corrected chi connectivity index (χ3v) is 0.956. The average molecular weight is 154 g/mol. The predicted octanol–water partition coefficient (Wildman–Crippen LogP) is 2.30. The zero-order valence-corrected chi connectivity index (χ0v) is 5.36. The lowest BCUT2D eigenvalue weighted by Gasteiger charge is -2.05. The van der Waals surface area contributed by atoms with Crippen molar-refractivity contribution in [1.29, 1.82) is 0 Å². The third kappa shape index (κ3) is 2.22. The second-order valence-electron chi connectivity index (χ2n) is 1.52. The van der Waals surface area contributed by atoms with Gasteiger partial charge in [0.05, 0.1) is 1.37 Å². The Bertz CT molecular complexity index is 251. The monoisotopic (exact) mass is 153 g/mol. The molecular weight excluding hydrogens is 140 g/mol. The maximum absolute atomic E-state index is 10.5. The summed E-state index contributed by atoms with van der Waals surface area (Å²) in [6, 6.07) is 0. The molecule has 1 aliphatic carbocycles. The lowest BCUT2D eigenvalue weighted by Crippen LogP contribution is -2.08. The number of carbonyl (C=O) groups excluding carboxylic acids is 1. The molecular formula is C6H9ClO2. The van der Waals surface area contributed by atoms with Crippen LogP contribution in [0.3, 0.4) is 0 Å². The van der Waals surface area contributed by atoms with E-state index in [1.807, 2.05) is 0 Å². The van der Waals surface area contributed by atoms with Crippen molar-refractivity contribution in [2.24, 2.45) is 0 Å². The summed E-state index contributed by atoms with van der Waals surface area (Å²) in [7, 11) is 0. The first-order valence-electron chi connectivity index (χ1n) is 5.01. The van der Waals surface area contributed by atoms with Crippen molar-refractivity contribution in [3.63, 3.8) is 0 Å². The highest BCUT2D eigenvalue weighted by Gasteiger charge is 2.17. The maximum Gasteiger partial charge on any atom is 0.404 e. The molecule has 0 aromatic rings. The van der Waals surface area contributed by atoms with E-state index in [1.54, 1.807) is 0 Å². The van der Waals surface area contributed by atoms with E-state index in [9.17, 15) is 4.79 Å². The first-order valence-corrected chi connectivity index (χ1v) is 2.89. The van der Waals surface area contributed by atoms with Gasteiger partial charge in [0.1, 0.15) is 6.08 Å². The van der Waals surface area contributed by atoms with Gasteiger partial charge in [0.2, 0.25) is 0 Å². The van der Waals surface area contributed by atoms with Crippen LogP contribution in [0.5, 0.6) is 0 Å². The van der Waals surface area contributed by atoms with Gasteiger partial charge in [0.15, 0.2) is 0 Å². The van der Waals surface area contributed by atoms with Crippen LogP contribution in [0.4, 0.5) is 4.79 Å². The Morgan fingerprint density at radius 1 is 1.78 bits per heavy atom. The predicted molar refractivity (Wildman–Crippen MR) is 34.6 cm³/mol. The zero-order chi connectivity index (χ0) is 11.2. The van der Waals surface area contributed by atoms with E-state index in [-0.39, 0.29) is 12.8 Å². The number of carbonyl (C=O) groups is 1. The van der Waals surface area contributed by atoms with Crippen LogP contribution in [-0.2, 0) is 4.74 Å². The number of halogens is 1. The van der Waals surface area contributed by atoms with Crippen molar-refractivity contribution in [2.75, 3.05) is 0 Å². The van der Waals surface area contributed by atoms with Gasteiger partial charge in [-0.15, -0.1) is 0 Å². The molecule has 52 valence electrons. The van der Waals surface area contributed by atoms with Crippen molar-refractivity contribution in [3.8, 4) is 0 Å². The molecule has 0 amide bonds. The summed E-state index contributed by atoms with van der Waals surface area (Å²) >= 11 is 4.89. The van der Waals surface area contributed by atoms with E-state index in [2.05, 4.69) is 4.74 Å². The minimum Gasteiger partial charge on any atom is -0.450 e. The molecule has 0 spiro atoms. The second kappa shape index (κ2) is 3.06. The molecule has 0 saturated heterocycles. The molecule has 0 unspecified atom stereocenters. The van der Waals surface area contributed by atoms with Gasteiger partial charge in [-0.1, -0.05) is 0 Å². The molecule has 1 rings (SSSR count). The van der Waals surface area contributed by atoms with Crippen LogP contribution in [0.1, 0.15) is 32.4 Å². The smallest absolute Gasteiger partial charge is 0.404 e. The Balaban J connectivity index is 3.06. The van der Waals surface area contributed by atoms with Gasteiger partial charge in [-0.2, -0.15) is 0 Å². The molecule has 3 heteroatoms. The lowest BCUT2D eigenvalue weighted by molar-refractivity contribution is 0.125. The largest absolute Gasteiger partial charge is 0.450 e. The highest BCUT2D eigenvalue weighted by molar-refractivity contribution is 6.61. The fraction of sp³-hybridized carbons (Fsp3) is 0.833. The van der Waals surface area contributed by atoms with Crippen molar-refractivity contribution in [3.05, 3.63) is 0 Å². The van der Waals surface area contributed by atoms with Crippen LogP contribution in [0.15, 0.2) is 0 Å². The standard InChI is InChI=1S/C6H9ClO2/c7-6(8)9-5-3-1-2-4-5/h5H,1-4H2/i3D2,4D2,5D. The van der Waals surface area contributed by atoms with E-state index in [4.69, 9.17) is 18.5 Å². The van der Waals surface area contributed by atoms with Gasteiger partial charge in [-0.3, -0.25) is 0 Å². The van der Waals surface area contributed by atoms with Gasteiger partial charge in [0, 0.05) is 17.1 Å². The summed E-state index contributed by atoms with van der Waals surface area (Å²) in [6.07, 6.45) is -7.34.